The highest BCUT2D eigenvalue weighted by molar-refractivity contribution is 6.34. The van der Waals surface area contributed by atoms with Crippen LogP contribution in [0, 0.1) is 5.92 Å². The van der Waals surface area contributed by atoms with Gasteiger partial charge in [-0.1, -0.05) is 23.2 Å². The predicted molar refractivity (Wildman–Crippen MR) is 86.5 cm³/mol. The Hall–Kier alpha value is -1.03. The van der Waals surface area contributed by atoms with E-state index in [1.165, 1.54) is 6.08 Å². The molecule has 2 N–H and O–H groups in total. The summed E-state index contributed by atoms with van der Waals surface area (Å²) in [6, 6.07) is 5.13. The lowest BCUT2D eigenvalue weighted by molar-refractivity contribution is -0.116. The molecule has 0 unspecified atom stereocenters. The zero-order chi connectivity index (χ0) is 15.2. The maximum atomic E-state index is 11.8. The summed E-state index contributed by atoms with van der Waals surface area (Å²) < 4.78 is 0. The van der Waals surface area contributed by atoms with Crippen LogP contribution < -0.4 is 5.32 Å². The number of carbonyl (C=O) groups is 1. The number of carbonyl (C=O) groups excluding carboxylic acids is 1. The Balaban J connectivity index is 1.81. The predicted octanol–water partition coefficient (Wildman–Crippen LogP) is 3.67. The highest BCUT2D eigenvalue weighted by atomic mass is 35.5. The molecule has 0 bridgehead atoms. The van der Waals surface area contributed by atoms with E-state index in [1.807, 2.05) is 0 Å². The standard InChI is InChI=1S/C16H19Cl2NO2/c17-13-4-7-15(18)12(9-13)3-8-16(21)19-10-11-1-5-14(20)6-2-11/h3-4,7-9,11,14,20H,1-2,5-6,10H2,(H,19,21)/b8-3+. The third-order valence-electron chi connectivity index (χ3n) is 3.75. The fraction of sp³-hybridized carbons (Fsp3) is 0.438. The topological polar surface area (TPSA) is 49.3 Å². The summed E-state index contributed by atoms with van der Waals surface area (Å²) >= 11 is 11.9. The number of aliphatic hydroxyl groups is 1. The first-order chi connectivity index (χ1) is 10.0. The molecule has 0 radical (unpaired) electrons. The van der Waals surface area contributed by atoms with Gasteiger partial charge in [0.05, 0.1) is 6.10 Å². The van der Waals surface area contributed by atoms with Crippen LogP contribution in [0.25, 0.3) is 6.08 Å². The molecular formula is C16H19Cl2NO2. The van der Waals surface area contributed by atoms with E-state index in [4.69, 9.17) is 23.2 Å². The summed E-state index contributed by atoms with van der Waals surface area (Å²) in [7, 11) is 0. The SMILES string of the molecule is O=C(/C=C/c1cc(Cl)ccc1Cl)NCC1CCC(O)CC1. The van der Waals surface area contributed by atoms with E-state index in [0.717, 1.165) is 31.2 Å². The summed E-state index contributed by atoms with van der Waals surface area (Å²) in [4.78, 5) is 11.8. The van der Waals surface area contributed by atoms with Gasteiger partial charge in [0.1, 0.15) is 0 Å². The van der Waals surface area contributed by atoms with Crippen molar-refractivity contribution in [1.82, 2.24) is 5.32 Å². The number of nitrogens with one attached hydrogen (secondary N) is 1. The van der Waals surface area contributed by atoms with Crippen LogP contribution in [-0.2, 0) is 4.79 Å². The molecule has 2 rings (SSSR count). The van der Waals surface area contributed by atoms with Crippen molar-refractivity contribution >= 4 is 35.2 Å². The van der Waals surface area contributed by atoms with Gasteiger partial charge in [0, 0.05) is 22.7 Å². The van der Waals surface area contributed by atoms with Crippen molar-refractivity contribution in [3.05, 3.63) is 39.9 Å². The van der Waals surface area contributed by atoms with Crippen molar-refractivity contribution in [3.63, 3.8) is 0 Å². The lowest BCUT2D eigenvalue weighted by Crippen LogP contribution is -2.31. The van der Waals surface area contributed by atoms with Crippen molar-refractivity contribution in [2.75, 3.05) is 6.54 Å². The first-order valence-corrected chi connectivity index (χ1v) is 7.89. The summed E-state index contributed by atoms with van der Waals surface area (Å²) in [5, 5.41) is 13.5. The molecule has 1 amide bonds. The van der Waals surface area contributed by atoms with Gasteiger partial charge in [-0.3, -0.25) is 4.79 Å². The monoisotopic (exact) mass is 327 g/mol. The van der Waals surface area contributed by atoms with Gasteiger partial charge in [0.15, 0.2) is 0 Å². The highest BCUT2D eigenvalue weighted by Gasteiger charge is 2.19. The zero-order valence-corrected chi connectivity index (χ0v) is 13.2. The zero-order valence-electron chi connectivity index (χ0n) is 11.7. The molecule has 1 aromatic carbocycles. The van der Waals surface area contributed by atoms with Crippen molar-refractivity contribution in [2.45, 2.75) is 31.8 Å². The van der Waals surface area contributed by atoms with Crippen LogP contribution in [0.15, 0.2) is 24.3 Å². The van der Waals surface area contributed by atoms with Crippen LogP contribution in [0.1, 0.15) is 31.2 Å². The van der Waals surface area contributed by atoms with Gasteiger partial charge >= 0.3 is 0 Å². The number of hydrogen-bond donors (Lipinski definition) is 2. The Morgan fingerprint density at radius 3 is 2.71 bits per heavy atom. The molecule has 0 aliphatic heterocycles. The average Bonchev–Trinajstić information content (AvgIpc) is 2.47. The van der Waals surface area contributed by atoms with Crippen LogP contribution in [-0.4, -0.2) is 23.7 Å². The third kappa shape index (κ3) is 5.34. The number of halogens is 2. The fourth-order valence-electron chi connectivity index (χ4n) is 2.46. The quantitative estimate of drug-likeness (QED) is 0.829. The van der Waals surface area contributed by atoms with E-state index in [-0.39, 0.29) is 12.0 Å². The largest absolute Gasteiger partial charge is 0.393 e. The maximum absolute atomic E-state index is 11.8. The third-order valence-corrected chi connectivity index (χ3v) is 4.33. The number of amides is 1. The molecule has 114 valence electrons. The Morgan fingerprint density at radius 2 is 2.00 bits per heavy atom. The number of hydrogen-bond acceptors (Lipinski definition) is 2. The average molecular weight is 328 g/mol. The molecule has 3 nitrogen and oxygen atoms in total. The van der Waals surface area contributed by atoms with Crippen LogP contribution in [0.4, 0.5) is 0 Å². The van der Waals surface area contributed by atoms with Gasteiger partial charge in [-0.15, -0.1) is 0 Å². The van der Waals surface area contributed by atoms with Gasteiger partial charge < -0.3 is 10.4 Å². The van der Waals surface area contributed by atoms with Crippen molar-refractivity contribution in [3.8, 4) is 0 Å². The minimum Gasteiger partial charge on any atom is -0.393 e. The van der Waals surface area contributed by atoms with Crippen molar-refractivity contribution < 1.29 is 9.90 Å². The van der Waals surface area contributed by atoms with Crippen molar-refractivity contribution in [2.24, 2.45) is 5.92 Å². The van der Waals surface area contributed by atoms with Gasteiger partial charge in [0.2, 0.25) is 5.91 Å². The molecule has 5 heteroatoms. The fourth-order valence-corrected chi connectivity index (χ4v) is 2.82. The minimum absolute atomic E-state index is 0.142. The van der Waals surface area contributed by atoms with E-state index >= 15 is 0 Å². The second kappa shape index (κ2) is 7.83. The molecule has 1 aliphatic rings. The lowest BCUT2D eigenvalue weighted by atomic mass is 9.87. The second-order valence-corrected chi connectivity index (χ2v) is 6.26. The first kappa shape index (κ1) is 16.3. The van der Waals surface area contributed by atoms with E-state index < -0.39 is 0 Å². The summed E-state index contributed by atoms with van der Waals surface area (Å²) in [5.74, 6) is 0.317. The number of benzene rings is 1. The number of rotatable bonds is 4. The van der Waals surface area contributed by atoms with Crippen LogP contribution in [0.5, 0.6) is 0 Å². The van der Waals surface area contributed by atoms with Gasteiger partial charge in [0.25, 0.3) is 0 Å². The highest BCUT2D eigenvalue weighted by Crippen LogP contribution is 2.23. The Labute approximate surface area is 134 Å². The van der Waals surface area contributed by atoms with Gasteiger partial charge in [-0.25, -0.2) is 0 Å². The second-order valence-electron chi connectivity index (χ2n) is 5.42. The Kier molecular flexibility index (Phi) is 6.09. The molecule has 1 aromatic rings. The molecule has 0 saturated heterocycles. The lowest BCUT2D eigenvalue weighted by Gasteiger charge is -2.25. The molecule has 0 aromatic heterocycles. The Morgan fingerprint density at radius 1 is 1.29 bits per heavy atom. The molecule has 0 spiro atoms. The minimum atomic E-state index is -0.165. The number of aliphatic hydroxyl groups excluding tert-OH is 1. The summed E-state index contributed by atoms with van der Waals surface area (Å²) in [5.41, 5.74) is 0.722. The van der Waals surface area contributed by atoms with E-state index in [2.05, 4.69) is 5.32 Å². The summed E-state index contributed by atoms with van der Waals surface area (Å²) in [6.45, 7) is 0.652. The molecule has 1 fully saturated rings. The molecular weight excluding hydrogens is 309 g/mol. The normalized spacial score (nSPS) is 22.4. The smallest absolute Gasteiger partial charge is 0.244 e. The Bertz CT molecular complexity index is 523. The van der Waals surface area contributed by atoms with Crippen LogP contribution >= 0.6 is 23.2 Å². The summed E-state index contributed by atoms with van der Waals surface area (Å²) in [6.07, 6.45) is 6.55. The van der Waals surface area contributed by atoms with E-state index in [9.17, 15) is 9.90 Å². The molecule has 21 heavy (non-hydrogen) atoms. The molecule has 0 atom stereocenters. The molecule has 0 heterocycles. The van der Waals surface area contributed by atoms with E-state index in [0.29, 0.717) is 22.5 Å². The van der Waals surface area contributed by atoms with Gasteiger partial charge in [-0.05, 0) is 61.4 Å². The van der Waals surface area contributed by atoms with Gasteiger partial charge in [-0.2, -0.15) is 0 Å². The maximum Gasteiger partial charge on any atom is 0.244 e. The van der Waals surface area contributed by atoms with E-state index in [1.54, 1.807) is 24.3 Å². The van der Waals surface area contributed by atoms with Crippen LogP contribution in [0.2, 0.25) is 10.0 Å². The molecule has 1 saturated carbocycles. The molecule has 1 aliphatic carbocycles. The van der Waals surface area contributed by atoms with Crippen molar-refractivity contribution in [1.29, 1.82) is 0 Å². The van der Waals surface area contributed by atoms with Crippen LogP contribution in [0.3, 0.4) is 0 Å². The first-order valence-electron chi connectivity index (χ1n) is 7.13.